The summed E-state index contributed by atoms with van der Waals surface area (Å²) in [5.74, 6) is 2.73. The third-order valence-corrected chi connectivity index (χ3v) is 7.05. The van der Waals surface area contributed by atoms with Gasteiger partial charge in [0.25, 0.3) is 0 Å². The summed E-state index contributed by atoms with van der Waals surface area (Å²) in [4.78, 5) is 12.0. The van der Waals surface area contributed by atoms with Gasteiger partial charge in [0, 0.05) is 43.2 Å². The second-order valence-corrected chi connectivity index (χ2v) is 8.85. The molecular weight excluding hydrogens is 363 g/mol. The van der Waals surface area contributed by atoms with E-state index in [2.05, 4.69) is 23.1 Å². The van der Waals surface area contributed by atoms with Gasteiger partial charge in [-0.1, -0.05) is 6.92 Å². The summed E-state index contributed by atoms with van der Waals surface area (Å²) in [6, 6.07) is 1.21. The summed E-state index contributed by atoms with van der Waals surface area (Å²) in [6.07, 6.45) is -2.44. The van der Waals surface area contributed by atoms with Gasteiger partial charge in [0.05, 0.1) is 0 Å². The molecule has 0 spiro atoms. The van der Waals surface area contributed by atoms with Crippen LogP contribution in [0.4, 0.5) is 24.9 Å². The van der Waals surface area contributed by atoms with Gasteiger partial charge in [-0.3, -0.25) is 0 Å². The van der Waals surface area contributed by atoms with Gasteiger partial charge in [-0.05, 0) is 30.8 Å². The van der Waals surface area contributed by atoms with Crippen LogP contribution in [0.1, 0.15) is 19.5 Å². The van der Waals surface area contributed by atoms with Crippen molar-refractivity contribution in [2.24, 2.45) is 23.5 Å². The lowest BCUT2D eigenvalue weighted by Gasteiger charge is -2.45. The van der Waals surface area contributed by atoms with Crippen molar-refractivity contribution < 1.29 is 13.2 Å². The first-order valence-corrected chi connectivity index (χ1v) is 10.3. The predicted molar refractivity (Wildman–Crippen MR) is 97.5 cm³/mol. The largest absolute Gasteiger partial charge is 0.433 e. The number of thioether (sulfide) groups is 1. The lowest BCUT2D eigenvalue weighted by Crippen LogP contribution is -2.54. The number of rotatable bonds is 4. The Morgan fingerprint density at radius 1 is 1.31 bits per heavy atom. The van der Waals surface area contributed by atoms with Crippen LogP contribution in [0.2, 0.25) is 0 Å². The molecule has 2 aliphatic heterocycles. The Morgan fingerprint density at radius 3 is 2.54 bits per heavy atom. The first-order valence-electron chi connectivity index (χ1n) is 8.91. The molecule has 4 rings (SSSR count). The second-order valence-electron chi connectivity index (χ2n) is 7.94. The van der Waals surface area contributed by atoms with Crippen molar-refractivity contribution in [1.82, 2.24) is 9.97 Å². The Morgan fingerprint density at radius 2 is 2.04 bits per heavy atom. The number of hydrogen-bond acceptors (Lipinski definition) is 6. The highest BCUT2D eigenvalue weighted by molar-refractivity contribution is 7.98. The van der Waals surface area contributed by atoms with E-state index in [1.54, 1.807) is 11.8 Å². The van der Waals surface area contributed by atoms with Gasteiger partial charge < -0.3 is 15.5 Å². The summed E-state index contributed by atoms with van der Waals surface area (Å²) < 4.78 is 40.1. The van der Waals surface area contributed by atoms with Crippen LogP contribution in [0.5, 0.6) is 0 Å². The number of hydrogen-bond donors (Lipinski definition) is 1. The number of nitrogens with zero attached hydrogens (tertiary/aromatic N) is 4. The fraction of sp³-hybridized carbons (Fsp3) is 0.765. The van der Waals surface area contributed by atoms with Crippen molar-refractivity contribution >= 4 is 23.5 Å². The molecule has 3 fully saturated rings. The van der Waals surface area contributed by atoms with Crippen LogP contribution < -0.4 is 15.5 Å². The van der Waals surface area contributed by atoms with E-state index in [1.807, 2.05) is 16.7 Å². The molecule has 1 aliphatic carbocycles. The highest BCUT2D eigenvalue weighted by Gasteiger charge is 2.66. The number of nitrogens with two attached hydrogens (primary N) is 1. The van der Waals surface area contributed by atoms with Crippen LogP contribution in [0.15, 0.2) is 6.07 Å². The average molecular weight is 387 g/mol. The van der Waals surface area contributed by atoms with Crippen LogP contribution >= 0.6 is 11.8 Å². The number of halogens is 3. The molecule has 3 aliphatic rings. The molecule has 26 heavy (non-hydrogen) atoms. The summed E-state index contributed by atoms with van der Waals surface area (Å²) in [7, 11) is 0. The Kier molecular flexibility index (Phi) is 4.11. The summed E-state index contributed by atoms with van der Waals surface area (Å²) in [5, 5.41) is 0. The molecule has 0 radical (unpaired) electrons. The van der Waals surface area contributed by atoms with E-state index < -0.39 is 11.9 Å². The third-order valence-electron chi connectivity index (χ3n) is 6.36. The van der Waals surface area contributed by atoms with Crippen molar-refractivity contribution in [2.45, 2.75) is 31.6 Å². The molecule has 3 heterocycles. The Balaban J connectivity index is 1.61. The zero-order valence-corrected chi connectivity index (χ0v) is 15.9. The Labute approximate surface area is 155 Å². The van der Waals surface area contributed by atoms with Gasteiger partial charge in [0.1, 0.15) is 5.82 Å². The molecular formula is C17H24F3N5S. The maximum Gasteiger partial charge on any atom is 0.433 e. The fourth-order valence-electron chi connectivity index (χ4n) is 4.34. The standard InChI is InChI=1S/C17H24F3N5S/c1-9-5-25(10(9)2)15-22-13(17(18,19)20)4-14(23-15)24-6-11-12(7-26-3)16(11,21)8-24/h4,9-12H,5-8,21H2,1-3H3/t9?,10-,11?,12?,16?/m0/s1. The number of anilines is 2. The molecule has 0 amide bonds. The maximum atomic E-state index is 13.4. The minimum absolute atomic E-state index is 0.144. The first-order chi connectivity index (χ1) is 12.1. The molecule has 0 aromatic carbocycles. The van der Waals surface area contributed by atoms with E-state index in [-0.39, 0.29) is 17.5 Å². The van der Waals surface area contributed by atoms with Crippen molar-refractivity contribution in [3.05, 3.63) is 11.8 Å². The SMILES string of the molecule is CSCC1C2CN(c3cc(C(F)(F)F)nc(N4CC(C)[C@@H]4C)n3)CC12N. The highest BCUT2D eigenvalue weighted by Crippen LogP contribution is 2.55. The van der Waals surface area contributed by atoms with Crippen molar-refractivity contribution in [3.63, 3.8) is 0 Å². The van der Waals surface area contributed by atoms with Gasteiger partial charge in [-0.25, -0.2) is 4.98 Å². The molecule has 1 aromatic rings. The monoisotopic (exact) mass is 387 g/mol. The molecule has 2 N–H and O–H groups in total. The van der Waals surface area contributed by atoms with E-state index in [0.29, 0.717) is 43.2 Å². The quantitative estimate of drug-likeness (QED) is 0.857. The second kappa shape index (κ2) is 5.89. The van der Waals surface area contributed by atoms with Crippen LogP contribution in [-0.2, 0) is 6.18 Å². The van der Waals surface area contributed by atoms with E-state index in [4.69, 9.17) is 5.73 Å². The summed E-state index contributed by atoms with van der Waals surface area (Å²) in [5.41, 5.74) is 5.31. The topological polar surface area (TPSA) is 58.3 Å². The smallest absolute Gasteiger partial charge is 0.354 e. The molecule has 0 bridgehead atoms. The highest BCUT2D eigenvalue weighted by atomic mass is 32.2. The molecule has 144 valence electrons. The molecule has 5 nitrogen and oxygen atoms in total. The maximum absolute atomic E-state index is 13.4. The van der Waals surface area contributed by atoms with E-state index in [9.17, 15) is 13.2 Å². The first kappa shape index (κ1) is 18.2. The van der Waals surface area contributed by atoms with Crippen LogP contribution in [-0.4, -0.2) is 53.2 Å². The lowest BCUT2D eigenvalue weighted by atomic mass is 9.93. The van der Waals surface area contributed by atoms with Crippen LogP contribution in [0.3, 0.4) is 0 Å². The molecule has 1 saturated carbocycles. The number of aromatic nitrogens is 2. The average Bonchev–Trinajstić information content (AvgIpc) is 2.95. The fourth-order valence-corrected chi connectivity index (χ4v) is 5.24. The van der Waals surface area contributed by atoms with Gasteiger partial charge in [-0.2, -0.15) is 29.9 Å². The summed E-state index contributed by atoms with van der Waals surface area (Å²) >= 11 is 1.77. The van der Waals surface area contributed by atoms with E-state index in [1.165, 1.54) is 0 Å². The van der Waals surface area contributed by atoms with Crippen molar-refractivity contribution in [1.29, 1.82) is 0 Å². The summed E-state index contributed by atoms with van der Waals surface area (Å²) in [6.45, 7) is 5.98. The minimum atomic E-state index is -4.49. The van der Waals surface area contributed by atoms with Gasteiger partial charge >= 0.3 is 6.18 Å². The number of piperidine rings is 1. The van der Waals surface area contributed by atoms with Crippen molar-refractivity contribution in [3.8, 4) is 0 Å². The Bertz CT molecular complexity index is 714. The number of alkyl halides is 3. The molecule has 4 unspecified atom stereocenters. The van der Waals surface area contributed by atoms with E-state index >= 15 is 0 Å². The zero-order chi connectivity index (χ0) is 18.9. The zero-order valence-electron chi connectivity index (χ0n) is 15.1. The normalized spacial score (nSPS) is 36.1. The van der Waals surface area contributed by atoms with Gasteiger partial charge in [0.2, 0.25) is 5.95 Å². The lowest BCUT2D eigenvalue weighted by molar-refractivity contribution is -0.141. The van der Waals surface area contributed by atoms with Crippen LogP contribution in [0, 0.1) is 17.8 Å². The molecule has 1 aromatic heterocycles. The van der Waals surface area contributed by atoms with Crippen molar-refractivity contribution in [2.75, 3.05) is 41.4 Å². The van der Waals surface area contributed by atoms with Gasteiger partial charge in [0.15, 0.2) is 5.69 Å². The molecule has 9 heteroatoms. The number of fused-ring (bicyclic) bond motifs is 1. The molecule has 5 atom stereocenters. The van der Waals surface area contributed by atoms with Gasteiger partial charge in [-0.15, -0.1) is 0 Å². The van der Waals surface area contributed by atoms with E-state index in [0.717, 1.165) is 11.8 Å². The molecule has 2 saturated heterocycles. The third kappa shape index (κ3) is 2.74. The van der Waals surface area contributed by atoms with Crippen LogP contribution in [0.25, 0.3) is 0 Å². The Hall–Kier alpha value is -1.22. The predicted octanol–water partition coefficient (Wildman–Crippen LogP) is 2.47. The minimum Gasteiger partial charge on any atom is -0.354 e.